The molecule has 1 aromatic carbocycles. The fourth-order valence-electron chi connectivity index (χ4n) is 1.71. The van der Waals surface area contributed by atoms with Crippen molar-refractivity contribution in [2.75, 3.05) is 0 Å². The minimum Gasteiger partial charge on any atom is -0.299 e. The van der Waals surface area contributed by atoms with Crippen LogP contribution in [-0.2, 0) is 10.2 Å². The van der Waals surface area contributed by atoms with E-state index in [1.54, 1.807) is 0 Å². The maximum atomic E-state index is 12.2. The summed E-state index contributed by atoms with van der Waals surface area (Å²) in [5.41, 5.74) is 1.29. The second kappa shape index (κ2) is 5.80. The van der Waals surface area contributed by atoms with Crippen LogP contribution in [0.15, 0.2) is 22.7 Å². The van der Waals surface area contributed by atoms with Gasteiger partial charge >= 0.3 is 0 Å². The fraction of sp³-hybridized carbons (Fsp3) is 0.529. The normalized spacial score (nSPS) is 12.3. The number of ketones is 2. The molecule has 3 heteroatoms. The molecule has 0 heterocycles. The first-order valence-corrected chi connectivity index (χ1v) is 7.59. The standard InChI is InChI=1S/C17H23BrO2/c1-16(2,3)11-7-8-12(13(18)9-11)14(19)10-15(20)17(4,5)6/h7-9H,10H2,1-6H3. The summed E-state index contributed by atoms with van der Waals surface area (Å²) in [4.78, 5) is 24.2. The molecular formula is C17H23BrO2. The third-order valence-electron chi connectivity index (χ3n) is 3.29. The Morgan fingerprint density at radius 2 is 1.60 bits per heavy atom. The molecule has 2 nitrogen and oxygen atoms in total. The number of benzene rings is 1. The van der Waals surface area contributed by atoms with Crippen molar-refractivity contribution in [3.63, 3.8) is 0 Å². The monoisotopic (exact) mass is 338 g/mol. The maximum absolute atomic E-state index is 12.2. The molecule has 0 unspecified atom stereocenters. The average Bonchev–Trinajstić information content (AvgIpc) is 2.25. The topological polar surface area (TPSA) is 34.1 Å². The van der Waals surface area contributed by atoms with Gasteiger partial charge in [0.15, 0.2) is 5.78 Å². The first-order chi connectivity index (χ1) is 8.93. The van der Waals surface area contributed by atoms with E-state index in [1.807, 2.05) is 39.0 Å². The lowest BCUT2D eigenvalue weighted by Crippen LogP contribution is -2.23. The van der Waals surface area contributed by atoms with Crippen molar-refractivity contribution in [1.82, 2.24) is 0 Å². The van der Waals surface area contributed by atoms with Crippen molar-refractivity contribution in [3.05, 3.63) is 33.8 Å². The van der Waals surface area contributed by atoms with Crippen LogP contribution in [0, 0.1) is 5.41 Å². The zero-order chi connectivity index (χ0) is 15.7. The van der Waals surface area contributed by atoms with Crippen molar-refractivity contribution in [2.45, 2.75) is 53.4 Å². The molecule has 0 aliphatic rings. The van der Waals surface area contributed by atoms with E-state index >= 15 is 0 Å². The van der Waals surface area contributed by atoms with E-state index in [4.69, 9.17) is 0 Å². The highest BCUT2D eigenvalue weighted by molar-refractivity contribution is 9.10. The van der Waals surface area contributed by atoms with E-state index in [2.05, 4.69) is 36.7 Å². The summed E-state index contributed by atoms with van der Waals surface area (Å²) < 4.78 is 0.761. The zero-order valence-electron chi connectivity index (χ0n) is 13.1. The molecular weight excluding hydrogens is 316 g/mol. The van der Waals surface area contributed by atoms with Gasteiger partial charge in [-0.25, -0.2) is 0 Å². The lowest BCUT2D eigenvalue weighted by atomic mass is 9.85. The molecule has 1 rings (SSSR count). The molecule has 0 atom stereocenters. The summed E-state index contributed by atoms with van der Waals surface area (Å²) in [5, 5.41) is 0. The Morgan fingerprint density at radius 3 is 2.00 bits per heavy atom. The molecule has 110 valence electrons. The van der Waals surface area contributed by atoms with Crippen LogP contribution in [-0.4, -0.2) is 11.6 Å². The van der Waals surface area contributed by atoms with Gasteiger partial charge in [0.25, 0.3) is 0 Å². The van der Waals surface area contributed by atoms with Gasteiger partial charge < -0.3 is 0 Å². The van der Waals surface area contributed by atoms with Crippen LogP contribution >= 0.6 is 15.9 Å². The predicted octanol–water partition coefficient (Wildman–Crippen LogP) is 4.93. The Hall–Kier alpha value is -0.960. The average molecular weight is 339 g/mol. The minimum absolute atomic E-state index is 0.0331. The summed E-state index contributed by atoms with van der Waals surface area (Å²) >= 11 is 3.45. The molecule has 0 N–H and O–H groups in total. The van der Waals surface area contributed by atoms with Gasteiger partial charge in [-0.3, -0.25) is 9.59 Å². The van der Waals surface area contributed by atoms with E-state index in [9.17, 15) is 9.59 Å². The highest BCUT2D eigenvalue weighted by atomic mass is 79.9. The van der Waals surface area contributed by atoms with Gasteiger partial charge in [0.2, 0.25) is 0 Å². The molecule has 0 aromatic heterocycles. The Labute approximate surface area is 130 Å². The SMILES string of the molecule is CC(C)(C)C(=O)CC(=O)c1ccc(C(C)(C)C)cc1Br. The molecule has 0 spiro atoms. The van der Waals surface area contributed by atoms with Gasteiger partial charge in [-0.1, -0.05) is 63.5 Å². The zero-order valence-corrected chi connectivity index (χ0v) is 14.7. The number of carbonyl (C=O) groups excluding carboxylic acids is 2. The van der Waals surface area contributed by atoms with Gasteiger partial charge in [-0.2, -0.15) is 0 Å². The van der Waals surface area contributed by atoms with Crippen LogP contribution in [0.25, 0.3) is 0 Å². The maximum Gasteiger partial charge on any atom is 0.171 e. The fourth-order valence-corrected chi connectivity index (χ4v) is 2.31. The second-order valence-electron chi connectivity index (χ2n) is 7.22. The Kier molecular flexibility index (Phi) is 4.96. The minimum atomic E-state index is -0.479. The largest absolute Gasteiger partial charge is 0.299 e. The quantitative estimate of drug-likeness (QED) is 0.578. The summed E-state index contributed by atoms with van der Waals surface area (Å²) in [6.07, 6.45) is -0.0447. The molecule has 0 aliphatic carbocycles. The summed E-state index contributed by atoms with van der Waals surface area (Å²) in [6.45, 7) is 11.9. The molecule has 0 bridgehead atoms. The van der Waals surface area contributed by atoms with E-state index < -0.39 is 5.41 Å². The molecule has 0 saturated heterocycles. The Bertz CT molecular complexity index is 531. The predicted molar refractivity (Wildman–Crippen MR) is 86.3 cm³/mol. The van der Waals surface area contributed by atoms with E-state index in [1.165, 1.54) is 0 Å². The lowest BCUT2D eigenvalue weighted by molar-refractivity contribution is -0.125. The van der Waals surface area contributed by atoms with Crippen molar-refractivity contribution in [2.24, 2.45) is 5.41 Å². The van der Waals surface area contributed by atoms with Crippen molar-refractivity contribution < 1.29 is 9.59 Å². The summed E-state index contributed by atoms with van der Waals surface area (Å²) in [5.74, 6) is -0.161. The third kappa shape index (κ3) is 4.27. The number of rotatable bonds is 3. The summed E-state index contributed by atoms with van der Waals surface area (Å²) in [7, 11) is 0. The molecule has 0 fully saturated rings. The lowest BCUT2D eigenvalue weighted by Gasteiger charge is -2.20. The molecule has 0 aliphatic heterocycles. The van der Waals surface area contributed by atoms with Crippen molar-refractivity contribution in [3.8, 4) is 0 Å². The van der Waals surface area contributed by atoms with Gasteiger partial charge in [0.1, 0.15) is 5.78 Å². The Balaban J connectivity index is 2.99. The molecule has 0 saturated carbocycles. The molecule has 0 radical (unpaired) electrons. The van der Waals surface area contributed by atoms with Gasteiger partial charge in [0, 0.05) is 15.5 Å². The van der Waals surface area contributed by atoms with Gasteiger partial charge in [0.05, 0.1) is 6.42 Å². The van der Waals surface area contributed by atoms with E-state index in [-0.39, 0.29) is 23.4 Å². The van der Waals surface area contributed by atoms with Crippen LogP contribution in [0.2, 0.25) is 0 Å². The highest BCUT2D eigenvalue weighted by Crippen LogP contribution is 2.28. The Morgan fingerprint density at radius 1 is 1.05 bits per heavy atom. The number of Topliss-reactive ketones (excluding diaryl/α,β-unsaturated/α-hetero) is 2. The van der Waals surface area contributed by atoms with Crippen molar-refractivity contribution in [1.29, 1.82) is 0 Å². The number of halogens is 1. The number of carbonyl (C=O) groups is 2. The van der Waals surface area contributed by atoms with Crippen LogP contribution in [0.4, 0.5) is 0 Å². The number of hydrogen-bond acceptors (Lipinski definition) is 2. The second-order valence-corrected chi connectivity index (χ2v) is 8.07. The molecule has 20 heavy (non-hydrogen) atoms. The highest BCUT2D eigenvalue weighted by Gasteiger charge is 2.25. The molecule has 1 aromatic rings. The van der Waals surface area contributed by atoms with Gasteiger partial charge in [-0.15, -0.1) is 0 Å². The first-order valence-electron chi connectivity index (χ1n) is 6.79. The first kappa shape index (κ1) is 17.1. The van der Waals surface area contributed by atoms with Crippen LogP contribution in [0.3, 0.4) is 0 Å². The van der Waals surface area contributed by atoms with Crippen LogP contribution in [0.5, 0.6) is 0 Å². The summed E-state index contributed by atoms with van der Waals surface area (Å²) in [6, 6.07) is 5.73. The van der Waals surface area contributed by atoms with Crippen LogP contribution in [0.1, 0.15) is 63.9 Å². The van der Waals surface area contributed by atoms with Crippen LogP contribution < -0.4 is 0 Å². The van der Waals surface area contributed by atoms with E-state index in [0.717, 1.165) is 10.0 Å². The van der Waals surface area contributed by atoms with Gasteiger partial charge in [-0.05, 0) is 23.1 Å². The molecule has 0 amide bonds. The van der Waals surface area contributed by atoms with E-state index in [0.29, 0.717) is 5.56 Å². The number of hydrogen-bond donors (Lipinski definition) is 0. The smallest absolute Gasteiger partial charge is 0.171 e. The van der Waals surface area contributed by atoms with Crippen molar-refractivity contribution >= 4 is 27.5 Å². The third-order valence-corrected chi connectivity index (χ3v) is 3.95.